The number of carbonyl (C=O) groups excluding carboxylic acids is 1. The van der Waals surface area contributed by atoms with E-state index in [2.05, 4.69) is 4.98 Å². The van der Waals surface area contributed by atoms with E-state index in [0.717, 1.165) is 29.7 Å². The van der Waals surface area contributed by atoms with Gasteiger partial charge >= 0.3 is 5.97 Å². The molecule has 148 valence electrons. The number of ether oxygens (including phenoxy) is 2. The zero-order valence-electron chi connectivity index (χ0n) is 16.3. The highest BCUT2D eigenvalue weighted by atomic mass is 32.1. The minimum absolute atomic E-state index is 0.241. The Morgan fingerprint density at radius 3 is 2.68 bits per heavy atom. The summed E-state index contributed by atoms with van der Waals surface area (Å²) in [5.74, 6) is 0.360. The molecule has 1 aromatic carbocycles. The molecule has 1 unspecified atom stereocenters. The van der Waals surface area contributed by atoms with E-state index in [1.54, 1.807) is 6.92 Å². The second kappa shape index (κ2) is 9.01. The molecule has 0 saturated carbocycles. The minimum atomic E-state index is -0.727. The average Bonchev–Trinajstić information content (AvgIpc) is 3.14. The Hall–Kier alpha value is -2.67. The molecule has 2 aromatic heterocycles. The van der Waals surface area contributed by atoms with Gasteiger partial charge in [-0.05, 0) is 38.0 Å². The summed E-state index contributed by atoms with van der Waals surface area (Å²) in [5, 5.41) is 2.44. The fraction of sp³-hybridized carbons (Fsp3) is 0.381. The molecule has 3 rings (SSSR count). The van der Waals surface area contributed by atoms with Crippen LogP contribution in [0.5, 0.6) is 5.75 Å². The molecule has 1 atom stereocenters. The van der Waals surface area contributed by atoms with Crippen LogP contribution in [0, 0.1) is 0 Å². The number of thiophene rings is 1. The van der Waals surface area contributed by atoms with E-state index in [4.69, 9.17) is 9.47 Å². The molecule has 0 saturated heterocycles. The van der Waals surface area contributed by atoms with Crippen molar-refractivity contribution in [2.45, 2.75) is 39.7 Å². The molecule has 0 bridgehead atoms. The Kier molecular flexibility index (Phi) is 6.46. The predicted octanol–water partition coefficient (Wildman–Crippen LogP) is 4.43. The third-order valence-corrected chi connectivity index (χ3v) is 5.38. The maximum absolute atomic E-state index is 13.1. The standard InChI is InChI=1S/C21H24N2O4S/c1-4-6-11-27-21(25)14(3)23-13-22-19-18(20(23)24)17(12-28-19)15-7-9-16(10-8-15)26-5-2/h7-10,12-14H,4-6,11H2,1-3H3. The summed E-state index contributed by atoms with van der Waals surface area (Å²) < 4.78 is 12.1. The lowest BCUT2D eigenvalue weighted by atomic mass is 10.1. The van der Waals surface area contributed by atoms with Gasteiger partial charge in [-0.3, -0.25) is 9.36 Å². The van der Waals surface area contributed by atoms with Gasteiger partial charge in [0, 0.05) is 10.9 Å². The van der Waals surface area contributed by atoms with Crippen molar-refractivity contribution < 1.29 is 14.3 Å². The highest BCUT2D eigenvalue weighted by Crippen LogP contribution is 2.31. The van der Waals surface area contributed by atoms with Crippen molar-refractivity contribution in [3.63, 3.8) is 0 Å². The molecule has 0 N–H and O–H groups in total. The van der Waals surface area contributed by atoms with Crippen LogP contribution in [0.15, 0.2) is 40.8 Å². The van der Waals surface area contributed by atoms with E-state index < -0.39 is 12.0 Å². The zero-order chi connectivity index (χ0) is 20.1. The number of aromatic nitrogens is 2. The minimum Gasteiger partial charge on any atom is -0.494 e. The lowest BCUT2D eigenvalue weighted by Crippen LogP contribution is -2.29. The molecule has 0 aliphatic heterocycles. The van der Waals surface area contributed by atoms with E-state index in [1.807, 2.05) is 43.5 Å². The first-order valence-electron chi connectivity index (χ1n) is 9.45. The number of esters is 1. The van der Waals surface area contributed by atoms with Crippen molar-refractivity contribution in [2.24, 2.45) is 0 Å². The third-order valence-electron chi connectivity index (χ3n) is 4.50. The normalized spacial score (nSPS) is 12.1. The number of carbonyl (C=O) groups is 1. The second-order valence-corrected chi connectivity index (χ2v) is 7.30. The van der Waals surface area contributed by atoms with Gasteiger partial charge in [0.2, 0.25) is 0 Å². The second-order valence-electron chi connectivity index (χ2n) is 6.44. The van der Waals surface area contributed by atoms with Crippen LogP contribution in [0.2, 0.25) is 0 Å². The molecule has 0 radical (unpaired) electrons. The number of benzene rings is 1. The SMILES string of the molecule is CCCCOC(=O)C(C)n1cnc2scc(-c3ccc(OCC)cc3)c2c1=O. The molecular weight excluding hydrogens is 376 g/mol. The van der Waals surface area contributed by atoms with Crippen molar-refractivity contribution in [3.05, 3.63) is 46.3 Å². The highest BCUT2D eigenvalue weighted by Gasteiger charge is 2.21. The molecule has 2 heterocycles. The maximum Gasteiger partial charge on any atom is 0.328 e. The summed E-state index contributed by atoms with van der Waals surface area (Å²) in [6.45, 7) is 6.58. The van der Waals surface area contributed by atoms with Gasteiger partial charge < -0.3 is 9.47 Å². The summed E-state index contributed by atoms with van der Waals surface area (Å²) in [6.07, 6.45) is 3.17. The van der Waals surface area contributed by atoms with E-state index in [9.17, 15) is 9.59 Å². The Morgan fingerprint density at radius 1 is 1.25 bits per heavy atom. The van der Waals surface area contributed by atoms with Gasteiger partial charge in [0.1, 0.15) is 16.6 Å². The number of hydrogen-bond acceptors (Lipinski definition) is 6. The molecule has 0 fully saturated rings. The van der Waals surface area contributed by atoms with E-state index in [1.165, 1.54) is 22.2 Å². The quantitative estimate of drug-likeness (QED) is 0.413. The molecule has 0 spiro atoms. The molecule has 28 heavy (non-hydrogen) atoms. The number of hydrogen-bond donors (Lipinski definition) is 0. The smallest absolute Gasteiger partial charge is 0.328 e. The van der Waals surface area contributed by atoms with Gasteiger partial charge in [-0.25, -0.2) is 9.78 Å². The van der Waals surface area contributed by atoms with Crippen LogP contribution in [-0.2, 0) is 9.53 Å². The first kappa shape index (κ1) is 20.1. The summed E-state index contributed by atoms with van der Waals surface area (Å²) in [7, 11) is 0. The predicted molar refractivity (Wildman–Crippen MR) is 111 cm³/mol. The first-order chi connectivity index (χ1) is 13.6. The van der Waals surface area contributed by atoms with Crippen molar-refractivity contribution >= 4 is 27.5 Å². The number of fused-ring (bicyclic) bond motifs is 1. The topological polar surface area (TPSA) is 70.4 Å². The zero-order valence-corrected chi connectivity index (χ0v) is 17.1. The van der Waals surface area contributed by atoms with Gasteiger partial charge in [0.05, 0.1) is 24.9 Å². The van der Waals surface area contributed by atoms with E-state index in [0.29, 0.717) is 23.4 Å². The van der Waals surface area contributed by atoms with Crippen LogP contribution in [-0.4, -0.2) is 28.7 Å². The summed E-state index contributed by atoms with van der Waals surface area (Å²) >= 11 is 1.41. The summed E-state index contributed by atoms with van der Waals surface area (Å²) in [6, 6.07) is 6.88. The summed E-state index contributed by atoms with van der Waals surface area (Å²) in [5.41, 5.74) is 1.47. The molecule has 6 nitrogen and oxygen atoms in total. The van der Waals surface area contributed by atoms with Crippen LogP contribution in [0.1, 0.15) is 39.7 Å². The Balaban J connectivity index is 1.96. The van der Waals surface area contributed by atoms with Crippen molar-refractivity contribution in [3.8, 4) is 16.9 Å². The maximum atomic E-state index is 13.1. The van der Waals surface area contributed by atoms with Crippen LogP contribution in [0.3, 0.4) is 0 Å². The van der Waals surface area contributed by atoms with Crippen LogP contribution < -0.4 is 10.3 Å². The number of unbranched alkanes of at least 4 members (excludes halogenated alkanes) is 1. The van der Waals surface area contributed by atoms with E-state index >= 15 is 0 Å². The van der Waals surface area contributed by atoms with Gasteiger partial charge in [-0.15, -0.1) is 11.3 Å². The lowest BCUT2D eigenvalue weighted by molar-refractivity contribution is -0.147. The largest absolute Gasteiger partial charge is 0.494 e. The Labute approximate surface area is 167 Å². The molecule has 7 heteroatoms. The van der Waals surface area contributed by atoms with E-state index in [-0.39, 0.29) is 5.56 Å². The fourth-order valence-corrected chi connectivity index (χ4v) is 3.79. The summed E-state index contributed by atoms with van der Waals surface area (Å²) in [4.78, 5) is 30.4. The Morgan fingerprint density at radius 2 is 2.00 bits per heavy atom. The Bertz CT molecular complexity index is 1010. The van der Waals surface area contributed by atoms with Gasteiger partial charge in [0.15, 0.2) is 0 Å². The van der Waals surface area contributed by atoms with Crippen molar-refractivity contribution in [2.75, 3.05) is 13.2 Å². The third kappa shape index (κ3) is 4.09. The van der Waals surface area contributed by atoms with Gasteiger partial charge in [-0.2, -0.15) is 0 Å². The highest BCUT2D eigenvalue weighted by molar-refractivity contribution is 7.17. The van der Waals surface area contributed by atoms with Gasteiger partial charge in [0.25, 0.3) is 5.56 Å². The average molecular weight is 401 g/mol. The first-order valence-corrected chi connectivity index (χ1v) is 10.3. The monoisotopic (exact) mass is 400 g/mol. The molecule has 0 amide bonds. The molecule has 0 aliphatic carbocycles. The molecular formula is C21H24N2O4S. The molecule has 3 aromatic rings. The molecule has 0 aliphatic rings. The number of rotatable bonds is 8. The van der Waals surface area contributed by atoms with Crippen LogP contribution in [0.25, 0.3) is 21.3 Å². The van der Waals surface area contributed by atoms with Gasteiger partial charge in [-0.1, -0.05) is 25.5 Å². The lowest BCUT2D eigenvalue weighted by Gasteiger charge is -2.14. The fourth-order valence-electron chi connectivity index (χ4n) is 2.88. The van der Waals surface area contributed by atoms with Crippen molar-refractivity contribution in [1.29, 1.82) is 0 Å². The number of nitrogens with zero attached hydrogens (tertiary/aromatic N) is 2. The van der Waals surface area contributed by atoms with Crippen LogP contribution in [0.4, 0.5) is 0 Å². The van der Waals surface area contributed by atoms with Crippen molar-refractivity contribution in [1.82, 2.24) is 9.55 Å². The van der Waals surface area contributed by atoms with Crippen LogP contribution >= 0.6 is 11.3 Å².